The first kappa shape index (κ1) is 23.1. The summed E-state index contributed by atoms with van der Waals surface area (Å²) in [5.74, 6) is 0.323. The van der Waals surface area contributed by atoms with Crippen LogP contribution in [0.3, 0.4) is 0 Å². The molecule has 3 aromatic rings. The second-order valence-corrected chi connectivity index (χ2v) is 7.66. The quantitative estimate of drug-likeness (QED) is 0.308. The number of benzene rings is 3. The highest BCUT2D eigenvalue weighted by atomic mass is 16.5. The minimum Gasteiger partial charge on any atom is -0.508 e. The number of phenolic OH excluding ortho intramolecular Hbond substituents is 1. The molecule has 3 aromatic carbocycles. The molecular weight excluding hydrogens is 404 g/mol. The number of aromatic hydroxyl groups is 1. The van der Waals surface area contributed by atoms with Gasteiger partial charge in [-0.15, -0.1) is 0 Å². The van der Waals surface area contributed by atoms with E-state index in [-0.39, 0.29) is 5.75 Å². The lowest BCUT2D eigenvalue weighted by molar-refractivity contribution is 0.0729. The van der Waals surface area contributed by atoms with Crippen LogP contribution >= 0.6 is 0 Å². The van der Waals surface area contributed by atoms with E-state index in [1.54, 1.807) is 24.3 Å². The molecule has 166 valence electrons. The molecule has 5 nitrogen and oxygen atoms in total. The number of hydrogen-bond acceptors (Lipinski definition) is 5. The Morgan fingerprint density at radius 1 is 0.750 bits per heavy atom. The van der Waals surface area contributed by atoms with Crippen LogP contribution in [0.25, 0.3) is 0 Å². The van der Waals surface area contributed by atoms with Crippen LogP contribution < -0.4 is 9.47 Å². The van der Waals surface area contributed by atoms with Crippen LogP contribution in [0.1, 0.15) is 71.7 Å². The number of phenols is 1. The zero-order chi connectivity index (χ0) is 22.9. The molecule has 0 saturated carbocycles. The molecule has 3 rings (SSSR count). The summed E-state index contributed by atoms with van der Waals surface area (Å²) in [4.78, 5) is 24.9. The maximum absolute atomic E-state index is 12.7. The third-order valence-electron chi connectivity index (χ3n) is 5.24. The Morgan fingerprint density at radius 2 is 1.28 bits per heavy atom. The van der Waals surface area contributed by atoms with Gasteiger partial charge in [-0.25, -0.2) is 9.59 Å². The zero-order valence-electron chi connectivity index (χ0n) is 18.4. The first-order valence-corrected chi connectivity index (χ1v) is 10.9. The van der Waals surface area contributed by atoms with Crippen molar-refractivity contribution in [3.8, 4) is 17.2 Å². The van der Waals surface area contributed by atoms with Gasteiger partial charge in [0.25, 0.3) is 0 Å². The molecule has 0 aromatic heterocycles. The monoisotopic (exact) mass is 432 g/mol. The van der Waals surface area contributed by atoms with Crippen molar-refractivity contribution in [2.45, 2.75) is 45.4 Å². The highest BCUT2D eigenvalue weighted by molar-refractivity contribution is 5.92. The average Bonchev–Trinajstić information content (AvgIpc) is 2.80. The van der Waals surface area contributed by atoms with Crippen molar-refractivity contribution in [1.82, 2.24) is 0 Å². The minimum atomic E-state index is -0.549. The molecule has 5 heteroatoms. The van der Waals surface area contributed by atoms with Gasteiger partial charge >= 0.3 is 11.9 Å². The average molecular weight is 433 g/mol. The number of esters is 2. The smallest absolute Gasteiger partial charge is 0.343 e. The Bertz CT molecular complexity index is 1030. The summed E-state index contributed by atoms with van der Waals surface area (Å²) in [6.07, 6.45) is 4.22. The van der Waals surface area contributed by atoms with Crippen molar-refractivity contribution in [2.24, 2.45) is 0 Å². The van der Waals surface area contributed by atoms with E-state index in [0.29, 0.717) is 28.5 Å². The lowest BCUT2D eigenvalue weighted by Crippen LogP contribution is -2.12. The molecular formula is C27H28O5. The fraction of sp³-hybridized carbons (Fsp3) is 0.259. The lowest BCUT2D eigenvalue weighted by Gasteiger charge is -2.19. The van der Waals surface area contributed by atoms with Crippen molar-refractivity contribution in [3.05, 3.63) is 89.5 Å². The number of rotatable bonds is 9. The SMILES string of the molecule is CCCC(CCC)c1ccccc1OC(=O)c1ccc(OC(=O)c2ccc(O)cc2)cc1. The van der Waals surface area contributed by atoms with E-state index in [1.807, 2.05) is 24.3 Å². The van der Waals surface area contributed by atoms with Gasteiger partial charge in [0.2, 0.25) is 0 Å². The summed E-state index contributed by atoms with van der Waals surface area (Å²) < 4.78 is 11.1. The maximum Gasteiger partial charge on any atom is 0.343 e. The van der Waals surface area contributed by atoms with Gasteiger partial charge in [-0.3, -0.25) is 0 Å². The Morgan fingerprint density at radius 3 is 1.88 bits per heavy atom. The fourth-order valence-corrected chi connectivity index (χ4v) is 3.64. The molecule has 0 bridgehead atoms. The van der Waals surface area contributed by atoms with Crippen LogP contribution in [-0.4, -0.2) is 17.0 Å². The van der Waals surface area contributed by atoms with Crippen LogP contribution in [0, 0.1) is 0 Å². The predicted octanol–water partition coefficient (Wildman–Crippen LogP) is 6.51. The first-order chi connectivity index (χ1) is 15.5. The van der Waals surface area contributed by atoms with E-state index < -0.39 is 11.9 Å². The Balaban J connectivity index is 1.69. The molecule has 0 aliphatic carbocycles. The molecule has 0 spiro atoms. The van der Waals surface area contributed by atoms with E-state index in [1.165, 1.54) is 24.3 Å². The molecule has 0 aliphatic rings. The normalized spacial score (nSPS) is 10.7. The number of carbonyl (C=O) groups excluding carboxylic acids is 2. The Kier molecular flexibility index (Phi) is 8.03. The summed E-state index contributed by atoms with van der Waals surface area (Å²) in [6.45, 7) is 4.32. The lowest BCUT2D eigenvalue weighted by atomic mass is 9.90. The Labute approximate surface area is 188 Å². The van der Waals surface area contributed by atoms with Gasteiger partial charge in [-0.1, -0.05) is 44.9 Å². The standard InChI is InChI=1S/C27H28O5/c1-3-7-19(8-4-2)24-9-5-6-10-25(24)32-27(30)21-13-17-23(18-14-21)31-26(29)20-11-15-22(28)16-12-20/h5-6,9-19,28H,3-4,7-8H2,1-2H3. The van der Waals surface area contributed by atoms with Gasteiger partial charge in [0.05, 0.1) is 11.1 Å². The van der Waals surface area contributed by atoms with Gasteiger partial charge in [0, 0.05) is 0 Å². The molecule has 1 N–H and O–H groups in total. The molecule has 0 saturated heterocycles. The van der Waals surface area contributed by atoms with E-state index >= 15 is 0 Å². The molecule has 0 aliphatic heterocycles. The number of ether oxygens (including phenoxy) is 2. The van der Waals surface area contributed by atoms with Gasteiger partial charge in [-0.2, -0.15) is 0 Å². The highest BCUT2D eigenvalue weighted by Gasteiger charge is 2.18. The van der Waals surface area contributed by atoms with Crippen LogP contribution in [0.4, 0.5) is 0 Å². The van der Waals surface area contributed by atoms with Crippen molar-refractivity contribution in [2.75, 3.05) is 0 Å². The van der Waals surface area contributed by atoms with Crippen LogP contribution in [-0.2, 0) is 0 Å². The molecule has 0 fully saturated rings. The topological polar surface area (TPSA) is 72.8 Å². The third kappa shape index (κ3) is 5.97. The molecule has 0 atom stereocenters. The summed E-state index contributed by atoms with van der Waals surface area (Å²) in [5.41, 5.74) is 1.74. The fourth-order valence-electron chi connectivity index (χ4n) is 3.64. The van der Waals surface area contributed by atoms with Gasteiger partial charge in [0.1, 0.15) is 17.2 Å². The van der Waals surface area contributed by atoms with Crippen molar-refractivity contribution >= 4 is 11.9 Å². The minimum absolute atomic E-state index is 0.0710. The Hall–Kier alpha value is -3.60. The van der Waals surface area contributed by atoms with E-state index in [0.717, 1.165) is 31.2 Å². The second-order valence-electron chi connectivity index (χ2n) is 7.66. The summed E-state index contributed by atoms with van der Waals surface area (Å²) >= 11 is 0. The van der Waals surface area contributed by atoms with E-state index in [4.69, 9.17) is 9.47 Å². The largest absolute Gasteiger partial charge is 0.508 e. The van der Waals surface area contributed by atoms with E-state index in [9.17, 15) is 14.7 Å². The summed E-state index contributed by atoms with van der Waals surface area (Å²) in [5, 5.41) is 9.32. The summed E-state index contributed by atoms with van der Waals surface area (Å²) in [7, 11) is 0. The van der Waals surface area contributed by atoms with Gasteiger partial charge < -0.3 is 14.6 Å². The maximum atomic E-state index is 12.7. The van der Waals surface area contributed by atoms with Gasteiger partial charge in [-0.05, 0) is 78.9 Å². The van der Waals surface area contributed by atoms with Crippen LogP contribution in [0.5, 0.6) is 17.2 Å². The molecule has 0 heterocycles. The van der Waals surface area contributed by atoms with Crippen molar-refractivity contribution in [3.63, 3.8) is 0 Å². The molecule has 32 heavy (non-hydrogen) atoms. The van der Waals surface area contributed by atoms with Crippen LogP contribution in [0.2, 0.25) is 0 Å². The molecule has 0 amide bonds. The summed E-state index contributed by atoms with van der Waals surface area (Å²) in [6, 6.07) is 19.7. The number of hydrogen-bond donors (Lipinski definition) is 1. The number of para-hydroxylation sites is 1. The molecule has 0 unspecified atom stereocenters. The first-order valence-electron chi connectivity index (χ1n) is 10.9. The van der Waals surface area contributed by atoms with Crippen molar-refractivity contribution in [1.29, 1.82) is 0 Å². The zero-order valence-corrected chi connectivity index (χ0v) is 18.4. The van der Waals surface area contributed by atoms with Crippen LogP contribution in [0.15, 0.2) is 72.8 Å². The second kappa shape index (κ2) is 11.1. The highest BCUT2D eigenvalue weighted by Crippen LogP contribution is 2.33. The van der Waals surface area contributed by atoms with Crippen molar-refractivity contribution < 1.29 is 24.2 Å². The van der Waals surface area contributed by atoms with Gasteiger partial charge in [0.15, 0.2) is 0 Å². The molecule has 0 radical (unpaired) electrons. The van der Waals surface area contributed by atoms with E-state index in [2.05, 4.69) is 13.8 Å². The third-order valence-corrected chi connectivity index (χ3v) is 5.24. The number of carbonyl (C=O) groups is 2. The predicted molar refractivity (Wildman–Crippen MR) is 123 cm³/mol.